The van der Waals surface area contributed by atoms with Gasteiger partial charge in [-0.15, -0.1) is 0 Å². The average Bonchev–Trinajstić information content (AvgIpc) is 3.19. The van der Waals surface area contributed by atoms with Gasteiger partial charge < -0.3 is 4.90 Å². The van der Waals surface area contributed by atoms with Crippen LogP contribution in [-0.2, 0) is 0 Å². The van der Waals surface area contributed by atoms with E-state index in [9.17, 15) is 9.59 Å². The fourth-order valence-electron chi connectivity index (χ4n) is 3.06. The van der Waals surface area contributed by atoms with Crippen LogP contribution >= 0.6 is 0 Å². The summed E-state index contributed by atoms with van der Waals surface area (Å²) in [5, 5.41) is 4.24. The van der Waals surface area contributed by atoms with Gasteiger partial charge in [0, 0.05) is 41.8 Å². The third-order valence-electron chi connectivity index (χ3n) is 4.75. The lowest BCUT2D eigenvalue weighted by molar-refractivity contribution is 0.0846. The molecule has 0 saturated carbocycles. The zero-order valence-corrected chi connectivity index (χ0v) is 16.8. The van der Waals surface area contributed by atoms with Crippen molar-refractivity contribution in [2.75, 3.05) is 18.0 Å². The van der Waals surface area contributed by atoms with Gasteiger partial charge in [0.15, 0.2) is 0 Å². The molecule has 1 heterocycles. The van der Waals surface area contributed by atoms with Gasteiger partial charge in [-0.3, -0.25) is 20.4 Å². The van der Waals surface area contributed by atoms with Crippen LogP contribution in [0.5, 0.6) is 0 Å². The highest BCUT2D eigenvalue weighted by atomic mass is 16.2. The smallest absolute Gasteiger partial charge is 0.269 e. The highest BCUT2D eigenvalue weighted by molar-refractivity contribution is 5.99. The number of carbonyl (C=O) groups is 2. The number of rotatable bonds is 6. The van der Waals surface area contributed by atoms with E-state index in [4.69, 9.17) is 0 Å². The molecule has 0 aliphatic heterocycles. The summed E-state index contributed by atoms with van der Waals surface area (Å²) in [6.07, 6.45) is 1.72. The predicted molar refractivity (Wildman–Crippen MR) is 113 cm³/mol. The largest absolute Gasteiger partial charge is 0.372 e. The monoisotopic (exact) mass is 391 g/mol. The fraction of sp³-hybridized carbons (Fsp3) is 0.227. The van der Waals surface area contributed by atoms with E-state index in [1.807, 2.05) is 37.3 Å². The van der Waals surface area contributed by atoms with E-state index < -0.39 is 0 Å². The maximum atomic E-state index is 12.3. The van der Waals surface area contributed by atoms with Crippen molar-refractivity contribution >= 4 is 17.5 Å². The Labute approximate surface area is 170 Å². The van der Waals surface area contributed by atoms with E-state index in [-0.39, 0.29) is 11.8 Å². The van der Waals surface area contributed by atoms with Crippen molar-refractivity contribution in [3.8, 4) is 5.69 Å². The molecule has 0 atom stereocenters. The lowest BCUT2D eigenvalue weighted by atomic mass is 10.2. The van der Waals surface area contributed by atoms with Crippen LogP contribution in [0.3, 0.4) is 0 Å². The van der Waals surface area contributed by atoms with Crippen LogP contribution in [0.4, 0.5) is 5.69 Å². The molecule has 150 valence electrons. The number of aryl methyl sites for hydroxylation is 1. The normalized spacial score (nSPS) is 10.4. The molecule has 0 saturated heterocycles. The van der Waals surface area contributed by atoms with E-state index in [1.165, 1.54) is 0 Å². The Balaban J connectivity index is 1.58. The number of hydrogen-bond acceptors (Lipinski definition) is 4. The number of aromatic nitrogens is 2. The highest BCUT2D eigenvalue weighted by Gasteiger charge is 2.11. The Morgan fingerprint density at radius 2 is 1.38 bits per heavy atom. The molecule has 2 N–H and O–H groups in total. The molecule has 7 nitrogen and oxygen atoms in total. The molecular weight excluding hydrogens is 366 g/mol. The van der Waals surface area contributed by atoms with Crippen LogP contribution in [0.25, 0.3) is 5.69 Å². The van der Waals surface area contributed by atoms with Crippen LogP contribution in [0, 0.1) is 6.92 Å². The minimum Gasteiger partial charge on any atom is -0.372 e. The van der Waals surface area contributed by atoms with Crippen molar-refractivity contribution < 1.29 is 9.59 Å². The number of nitrogens with zero attached hydrogens (tertiary/aromatic N) is 3. The number of nitrogens with one attached hydrogen (secondary N) is 2. The average molecular weight is 391 g/mol. The van der Waals surface area contributed by atoms with Gasteiger partial charge in [-0.2, -0.15) is 5.10 Å². The predicted octanol–water partition coefficient (Wildman–Crippen LogP) is 3.10. The minimum absolute atomic E-state index is 0.367. The molecule has 0 spiro atoms. The van der Waals surface area contributed by atoms with E-state index in [1.54, 1.807) is 35.1 Å². The summed E-state index contributed by atoms with van der Waals surface area (Å²) in [4.78, 5) is 26.8. The maximum Gasteiger partial charge on any atom is 0.269 e. The topological polar surface area (TPSA) is 79.3 Å². The van der Waals surface area contributed by atoms with Crippen LogP contribution < -0.4 is 15.8 Å². The highest BCUT2D eigenvalue weighted by Crippen LogP contribution is 2.15. The first-order valence-corrected chi connectivity index (χ1v) is 9.60. The summed E-state index contributed by atoms with van der Waals surface area (Å²) >= 11 is 0. The lowest BCUT2D eigenvalue weighted by Crippen LogP contribution is -2.41. The molecule has 7 heteroatoms. The molecular formula is C22H25N5O2. The quantitative estimate of drug-likeness (QED) is 0.633. The molecule has 2 aromatic carbocycles. The molecule has 29 heavy (non-hydrogen) atoms. The number of carbonyl (C=O) groups excluding carboxylic acids is 2. The zero-order valence-electron chi connectivity index (χ0n) is 16.8. The first-order chi connectivity index (χ1) is 14.0. The number of benzene rings is 2. The molecule has 0 aliphatic carbocycles. The molecule has 0 aliphatic rings. The number of hydrazine groups is 1. The Kier molecular flexibility index (Phi) is 6.29. The van der Waals surface area contributed by atoms with Gasteiger partial charge in [-0.1, -0.05) is 0 Å². The maximum absolute atomic E-state index is 12.3. The Morgan fingerprint density at radius 3 is 1.83 bits per heavy atom. The second kappa shape index (κ2) is 9.05. The van der Waals surface area contributed by atoms with Gasteiger partial charge >= 0.3 is 0 Å². The second-order valence-electron chi connectivity index (χ2n) is 6.56. The van der Waals surface area contributed by atoms with Crippen molar-refractivity contribution in [2.45, 2.75) is 20.8 Å². The van der Waals surface area contributed by atoms with E-state index in [2.05, 4.69) is 34.7 Å². The number of hydrogen-bond donors (Lipinski definition) is 2. The van der Waals surface area contributed by atoms with Gasteiger partial charge in [0.2, 0.25) is 0 Å². The molecule has 0 fully saturated rings. The summed E-state index contributed by atoms with van der Waals surface area (Å²) in [7, 11) is 0. The Bertz CT molecular complexity index is 973. The third kappa shape index (κ3) is 4.63. The molecule has 2 amide bonds. The summed E-state index contributed by atoms with van der Waals surface area (Å²) in [5.41, 5.74) is 8.75. The molecule has 0 radical (unpaired) electrons. The third-order valence-corrected chi connectivity index (χ3v) is 4.75. The van der Waals surface area contributed by atoms with Crippen molar-refractivity contribution in [1.29, 1.82) is 0 Å². The fourth-order valence-corrected chi connectivity index (χ4v) is 3.06. The van der Waals surface area contributed by atoms with Crippen molar-refractivity contribution in [3.63, 3.8) is 0 Å². The zero-order chi connectivity index (χ0) is 20.8. The van der Waals surface area contributed by atoms with E-state index in [0.717, 1.165) is 30.2 Å². The number of amides is 2. The SMILES string of the molecule is CCN(CC)c1ccc(C(=O)NNC(=O)c2ccc(-n3nccc3C)cc2)cc1. The minimum atomic E-state index is -0.387. The van der Waals surface area contributed by atoms with E-state index >= 15 is 0 Å². The molecule has 3 rings (SSSR count). The standard InChI is InChI=1S/C22H25N5O2/c1-4-26(5-2)19-10-6-17(7-11-19)21(28)24-25-22(29)18-8-12-20(13-9-18)27-16(3)14-15-23-27/h6-15H,4-5H2,1-3H3,(H,24,28)(H,25,29). The van der Waals surface area contributed by atoms with Gasteiger partial charge in [-0.05, 0) is 75.4 Å². The van der Waals surface area contributed by atoms with Gasteiger partial charge in [0.1, 0.15) is 0 Å². The first-order valence-electron chi connectivity index (χ1n) is 9.60. The Hall–Kier alpha value is -3.61. The Morgan fingerprint density at radius 1 is 0.862 bits per heavy atom. The van der Waals surface area contributed by atoms with Gasteiger partial charge in [0.25, 0.3) is 11.8 Å². The van der Waals surface area contributed by atoms with Crippen molar-refractivity contribution in [3.05, 3.63) is 77.6 Å². The van der Waals surface area contributed by atoms with Crippen LogP contribution in [0.15, 0.2) is 60.8 Å². The van der Waals surface area contributed by atoms with Crippen molar-refractivity contribution in [2.24, 2.45) is 0 Å². The summed E-state index contributed by atoms with van der Waals surface area (Å²) in [5.74, 6) is -0.755. The number of anilines is 1. The lowest BCUT2D eigenvalue weighted by Gasteiger charge is -2.21. The first kappa shape index (κ1) is 20.1. The van der Waals surface area contributed by atoms with Gasteiger partial charge in [0.05, 0.1) is 5.69 Å². The molecule has 0 unspecified atom stereocenters. The summed E-state index contributed by atoms with van der Waals surface area (Å²) in [6, 6.07) is 16.2. The van der Waals surface area contributed by atoms with Crippen LogP contribution in [-0.4, -0.2) is 34.7 Å². The molecule has 0 bridgehead atoms. The van der Waals surface area contributed by atoms with Crippen molar-refractivity contribution in [1.82, 2.24) is 20.6 Å². The van der Waals surface area contributed by atoms with Crippen LogP contribution in [0.2, 0.25) is 0 Å². The van der Waals surface area contributed by atoms with E-state index in [0.29, 0.717) is 11.1 Å². The van der Waals surface area contributed by atoms with Crippen LogP contribution in [0.1, 0.15) is 40.3 Å². The second-order valence-corrected chi connectivity index (χ2v) is 6.56. The summed E-state index contributed by atoms with van der Waals surface area (Å²) < 4.78 is 1.78. The molecule has 1 aromatic heterocycles. The molecule has 3 aromatic rings. The van der Waals surface area contributed by atoms with Gasteiger partial charge in [-0.25, -0.2) is 4.68 Å². The summed E-state index contributed by atoms with van der Waals surface area (Å²) in [6.45, 7) is 7.93.